The molecule has 0 unspecified atom stereocenters. The van der Waals surface area contributed by atoms with Crippen LogP contribution in [0.4, 0.5) is 10.1 Å². The fourth-order valence-electron chi connectivity index (χ4n) is 3.27. The molecule has 0 aromatic heterocycles. The molecular formula is C21H25FN2O. The van der Waals surface area contributed by atoms with Gasteiger partial charge in [-0.1, -0.05) is 44.2 Å². The lowest BCUT2D eigenvalue weighted by Crippen LogP contribution is -2.55. The summed E-state index contributed by atoms with van der Waals surface area (Å²) in [4.78, 5) is 16.7. The lowest BCUT2D eigenvalue weighted by molar-refractivity contribution is -0.125. The molecule has 1 aliphatic rings. The van der Waals surface area contributed by atoms with E-state index in [1.165, 1.54) is 11.6 Å². The van der Waals surface area contributed by atoms with Crippen LogP contribution in [0.3, 0.4) is 0 Å². The molecule has 1 aliphatic heterocycles. The summed E-state index contributed by atoms with van der Waals surface area (Å²) in [5.41, 5.74) is 2.84. The zero-order chi connectivity index (χ0) is 18.0. The number of anilines is 1. The molecule has 1 heterocycles. The van der Waals surface area contributed by atoms with Crippen molar-refractivity contribution in [3.05, 3.63) is 65.5 Å². The van der Waals surface area contributed by atoms with E-state index in [4.69, 9.17) is 0 Å². The quantitative estimate of drug-likeness (QED) is 0.833. The highest BCUT2D eigenvalue weighted by Crippen LogP contribution is 2.24. The zero-order valence-corrected chi connectivity index (χ0v) is 15.1. The van der Waals surface area contributed by atoms with E-state index in [-0.39, 0.29) is 17.8 Å². The van der Waals surface area contributed by atoms with Crippen molar-refractivity contribution in [3.63, 3.8) is 0 Å². The number of hydrogen-bond donors (Lipinski definition) is 0. The molecule has 0 aliphatic carbocycles. The van der Waals surface area contributed by atoms with Crippen LogP contribution in [0.1, 0.15) is 37.8 Å². The molecule has 2 aromatic carbocycles. The number of benzene rings is 2. The van der Waals surface area contributed by atoms with E-state index in [9.17, 15) is 9.18 Å². The van der Waals surface area contributed by atoms with Crippen LogP contribution < -0.4 is 4.90 Å². The number of nitrogens with zero attached hydrogens (tertiary/aromatic N) is 2. The molecule has 3 nitrogen and oxygen atoms in total. The number of halogens is 1. The molecule has 2 aromatic rings. The van der Waals surface area contributed by atoms with E-state index in [1.807, 2.05) is 34.9 Å². The normalized spacial score (nSPS) is 18.8. The molecule has 3 rings (SSSR count). The summed E-state index contributed by atoms with van der Waals surface area (Å²) < 4.78 is 13.9. The molecule has 1 amide bonds. The highest BCUT2D eigenvalue weighted by atomic mass is 19.1. The van der Waals surface area contributed by atoms with Gasteiger partial charge in [-0.2, -0.15) is 0 Å². The zero-order valence-electron chi connectivity index (χ0n) is 15.1. The second-order valence-electron chi connectivity index (χ2n) is 6.97. The third-order valence-electron chi connectivity index (χ3n) is 4.98. The number of amides is 1. The highest BCUT2D eigenvalue weighted by molar-refractivity contribution is 5.97. The van der Waals surface area contributed by atoms with Gasteiger partial charge < -0.3 is 4.90 Å². The second kappa shape index (κ2) is 7.36. The third kappa shape index (κ3) is 3.74. The van der Waals surface area contributed by atoms with Crippen molar-refractivity contribution in [1.82, 2.24) is 4.90 Å². The van der Waals surface area contributed by atoms with Crippen molar-refractivity contribution in [2.45, 2.75) is 39.3 Å². The number of carbonyl (C=O) groups is 1. The average molecular weight is 340 g/mol. The first-order chi connectivity index (χ1) is 12.0. The Labute approximate surface area is 149 Å². The van der Waals surface area contributed by atoms with Gasteiger partial charge in [0.2, 0.25) is 5.91 Å². The van der Waals surface area contributed by atoms with Crippen LogP contribution in [0.15, 0.2) is 48.5 Å². The van der Waals surface area contributed by atoms with Crippen LogP contribution in [0.2, 0.25) is 0 Å². The van der Waals surface area contributed by atoms with Crippen molar-refractivity contribution >= 4 is 11.6 Å². The fraction of sp³-hybridized carbons (Fsp3) is 0.381. The van der Waals surface area contributed by atoms with Crippen molar-refractivity contribution in [3.8, 4) is 0 Å². The lowest BCUT2D eigenvalue weighted by atomic mass is 10.0. The average Bonchev–Trinajstić information content (AvgIpc) is 2.61. The summed E-state index contributed by atoms with van der Waals surface area (Å²) >= 11 is 0. The Bertz CT molecular complexity index is 742. The van der Waals surface area contributed by atoms with Crippen molar-refractivity contribution in [1.29, 1.82) is 0 Å². The van der Waals surface area contributed by atoms with Gasteiger partial charge in [0.05, 0.1) is 6.04 Å². The minimum absolute atomic E-state index is 0.0693. The van der Waals surface area contributed by atoms with Gasteiger partial charge in [-0.15, -0.1) is 0 Å². The summed E-state index contributed by atoms with van der Waals surface area (Å²) in [5.74, 6) is 0.329. The number of carbonyl (C=O) groups excluding carboxylic acids is 1. The number of hydrogen-bond acceptors (Lipinski definition) is 2. The van der Waals surface area contributed by atoms with Gasteiger partial charge in [0, 0.05) is 30.9 Å². The Kier molecular flexibility index (Phi) is 5.19. The number of piperazine rings is 1. The summed E-state index contributed by atoms with van der Waals surface area (Å²) in [6, 6.07) is 14.7. The summed E-state index contributed by atoms with van der Waals surface area (Å²) in [5, 5.41) is 0. The minimum Gasteiger partial charge on any atom is -0.310 e. The van der Waals surface area contributed by atoms with Gasteiger partial charge in [-0.25, -0.2) is 4.39 Å². The topological polar surface area (TPSA) is 23.6 Å². The maximum Gasteiger partial charge on any atom is 0.244 e. The Morgan fingerprint density at radius 3 is 2.40 bits per heavy atom. The molecule has 0 radical (unpaired) electrons. The van der Waals surface area contributed by atoms with E-state index in [2.05, 4.69) is 26.0 Å². The number of rotatable bonds is 4. The van der Waals surface area contributed by atoms with Gasteiger partial charge in [-0.05, 0) is 36.6 Å². The monoisotopic (exact) mass is 340 g/mol. The summed E-state index contributed by atoms with van der Waals surface area (Å²) in [7, 11) is 0. The van der Waals surface area contributed by atoms with Gasteiger partial charge in [-0.3, -0.25) is 9.69 Å². The van der Waals surface area contributed by atoms with E-state index < -0.39 is 0 Å². The van der Waals surface area contributed by atoms with Crippen LogP contribution in [0.5, 0.6) is 0 Å². The molecule has 25 heavy (non-hydrogen) atoms. The molecule has 0 spiro atoms. The first-order valence-electron chi connectivity index (χ1n) is 8.86. The first kappa shape index (κ1) is 17.6. The molecule has 1 saturated heterocycles. The lowest BCUT2D eigenvalue weighted by Gasteiger charge is -2.39. The Balaban J connectivity index is 1.72. The molecule has 1 fully saturated rings. The van der Waals surface area contributed by atoms with Crippen LogP contribution in [-0.4, -0.2) is 29.9 Å². The maximum atomic E-state index is 13.9. The Morgan fingerprint density at radius 2 is 1.76 bits per heavy atom. The smallest absolute Gasteiger partial charge is 0.244 e. The maximum absolute atomic E-state index is 13.9. The van der Waals surface area contributed by atoms with Crippen molar-refractivity contribution in [2.24, 2.45) is 0 Å². The fourth-order valence-corrected chi connectivity index (χ4v) is 3.27. The Morgan fingerprint density at radius 1 is 1.08 bits per heavy atom. The summed E-state index contributed by atoms with van der Waals surface area (Å²) in [6.45, 7) is 8.02. The molecular weight excluding hydrogens is 315 g/mol. The van der Waals surface area contributed by atoms with Gasteiger partial charge in [0.25, 0.3) is 0 Å². The van der Waals surface area contributed by atoms with Gasteiger partial charge >= 0.3 is 0 Å². The van der Waals surface area contributed by atoms with E-state index >= 15 is 0 Å². The van der Waals surface area contributed by atoms with E-state index in [0.29, 0.717) is 24.6 Å². The second-order valence-corrected chi connectivity index (χ2v) is 6.97. The van der Waals surface area contributed by atoms with Crippen LogP contribution in [0.25, 0.3) is 0 Å². The molecule has 1 atom stereocenters. The van der Waals surface area contributed by atoms with Crippen molar-refractivity contribution < 1.29 is 9.18 Å². The molecule has 0 saturated carbocycles. The van der Waals surface area contributed by atoms with Crippen molar-refractivity contribution in [2.75, 3.05) is 18.0 Å². The predicted octanol–water partition coefficient (Wildman–Crippen LogP) is 4.19. The van der Waals surface area contributed by atoms with Gasteiger partial charge in [0.1, 0.15) is 5.82 Å². The van der Waals surface area contributed by atoms with Crippen LogP contribution in [0, 0.1) is 5.82 Å². The van der Waals surface area contributed by atoms with Crippen LogP contribution >= 0.6 is 0 Å². The third-order valence-corrected chi connectivity index (χ3v) is 4.98. The first-order valence-corrected chi connectivity index (χ1v) is 8.86. The minimum atomic E-state index is -0.266. The molecule has 4 heteroatoms. The highest BCUT2D eigenvalue weighted by Gasteiger charge is 2.32. The van der Waals surface area contributed by atoms with E-state index in [1.54, 1.807) is 12.1 Å². The molecule has 132 valence electrons. The SMILES string of the molecule is CC(C)c1ccc(N2CCN(Cc3ccccc3F)[C@@H](C)C2=O)cc1. The Hall–Kier alpha value is -2.20. The summed E-state index contributed by atoms with van der Waals surface area (Å²) in [6.07, 6.45) is 0. The molecule has 0 bridgehead atoms. The molecule has 0 N–H and O–H groups in total. The largest absolute Gasteiger partial charge is 0.310 e. The standard InChI is InChI=1S/C21H25FN2O/c1-15(2)17-8-10-19(11-9-17)24-13-12-23(16(3)21(24)25)14-18-6-4-5-7-20(18)22/h4-11,15-16H,12-14H2,1-3H3/t16-/m0/s1. The predicted molar refractivity (Wildman–Crippen MR) is 99.2 cm³/mol. The van der Waals surface area contributed by atoms with Crippen LogP contribution in [-0.2, 0) is 11.3 Å². The van der Waals surface area contributed by atoms with E-state index in [0.717, 1.165) is 12.2 Å². The van der Waals surface area contributed by atoms with Gasteiger partial charge in [0.15, 0.2) is 0 Å².